The minimum atomic E-state index is -0.650. The Labute approximate surface area is 229 Å². The van der Waals surface area contributed by atoms with Gasteiger partial charge in [-0.3, -0.25) is 9.59 Å². The number of carbonyl (C=O) groups is 2. The first-order valence-corrected chi connectivity index (χ1v) is 13.6. The number of para-hydroxylation sites is 1. The summed E-state index contributed by atoms with van der Waals surface area (Å²) in [5, 5.41) is 15.6. The van der Waals surface area contributed by atoms with Crippen molar-refractivity contribution in [2.75, 3.05) is 6.54 Å². The number of amides is 2. The van der Waals surface area contributed by atoms with Crippen molar-refractivity contribution in [2.45, 2.75) is 77.7 Å². The van der Waals surface area contributed by atoms with E-state index in [1.165, 1.54) is 6.07 Å². The van der Waals surface area contributed by atoms with Crippen LogP contribution in [0, 0.1) is 0 Å². The van der Waals surface area contributed by atoms with Gasteiger partial charge in [0.2, 0.25) is 5.91 Å². The van der Waals surface area contributed by atoms with Crippen LogP contribution in [0.25, 0.3) is 0 Å². The standard InChI is InChI=1S/C33H46N2O3/c1-4-5-6-7-8-9-10-11-12-13-14-15-16-17-18-19-20-21-22-27-31(37)34-28-33(2,3)35-32(38)29-25-23-24-26-30(29)36/h5-6,8-9,11-12,14-15,17-18,20-21,23-26,36H,4,7,10,13,16,19,22,27-28H2,1-3H3,(H,34,37)(H,35,38). The molecule has 0 radical (unpaired) electrons. The van der Waals surface area contributed by atoms with Crippen LogP contribution >= 0.6 is 0 Å². The Kier molecular flexibility index (Phi) is 17.5. The van der Waals surface area contributed by atoms with Crippen LogP contribution in [0.4, 0.5) is 0 Å². The fourth-order valence-corrected chi connectivity index (χ4v) is 3.35. The number of aromatic hydroxyl groups is 1. The largest absolute Gasteiger partial charge is 0.507 e. The van der Waals surface area contributed by atoms with Crippen LogP contribution in [0.15, 0.2) is 97.2 Å². The maximum absolute atomic E-state index is 12.4. The zero-order chi connectivity index (χ0) is 27.9. The second-order valence-corrected chi connectivity index (χ2v) is 9.59. The third-order valence-electron chi connectivity index (χ3n) is 5.46. The smallest absolute Gasteiger partial charge is 0.255 e. The number of phenols is 1. The first-order valence-electron chi connectivity index (χ1n) is 13.6. The minimum Gasteiger partial charge on any atom is -0.507 e. The van der Waals surface area contributed by atoms with Crippen LogP contribution in [0.5, 0.6) is 5.75 Å². The van der Waals surface area contributed by atoms with Crippen molar-refractivity contribution >= 4 is 11.8 Å². The molecule has 3 N–H and O–H groups in total. The van der Waals surface area contributed by atoms with E-state index in [0.29, 0.717) is 19.4 Å². The molecule has 0 aliphatic heterocycles. The van der Waals surface area contributed by atoms with Gasteiger partial charge in [0.05, 0.1) is 11.1 Å². The SMILES string of the molecule is CCC=CCC=CCC=CCC=CCC=CCC=CCCC(=O)NCC(C)(C)NC(=O)c1ccccc1O. The van der Waals surface area contributed by atoms with Gasteiger partial charge in [-0.25, -0.2) is 0 Å². The van der Waals surface area contributed by atoms with Gasteiger partial charge in [0, 0.05) is 13.0 Å². The lowest BCUT2D eigenvalue weighted by molar-refractivity contribution is -0.121. The molecule has 5 heteroatoms. The maximum Gasteiger partial charge on any atom is 0.255 e. The normalized spacial score (nSPS) is 12.7. The molecule has 38 heavy (non-hydrogen) atoms. The zero-order valence-electron chi connectivity index (χ0n) is 23.4. The van der Waals surface area contributed by atoms with Crippen LogP contribution in [-0.2, 0) is 4.79 Å². The van der Waals surface area contributed by atoms with E-state index in [2.05, 4.69) is 84.4 Å². The molecule has 0 fully saturated rings. The lowest BCUT2D eigenvalue weighted by Gasteiger charge is -2.26. The molecule has 0 heterocycles. The number of allylic oxidation sites excluding steroid dienone is 12. The molecule has 0 aliphatic carbocycles. The molecule has 1 aromatic rings. The molecule has 0 spiro atoms. The molecule has 0 saturated carbocycles. The van der Waals surface area contributed by atoms with E-state index < -0.39 is 5.54 Å². The number of nitrogens with one attached hydrogen (secondary N) is 2. The summed E-state index contributed by atoms with van der Waals surface area (Å²) in [5.41, 5.74) is -0.437. The van der Waals surface area contributed by atoms with Crippen molar-refractivity contribution in [3.05, 3.63) is 103 Å². The van der Waals surface area contributed by atoms with Crippen molar-refractivity contribution in [1.29, 1.82) is 0 Å². The van der Waals surface area contributed by atoms with Crippen molar-refractivity contribution in [3.8, 4) is 5.75 Å². The van der Waals surface area contributed by atoms with Gasteiger partial charge in [0.15, 0.2) is 0 Å². The highest BCUT2D eigenvalue weighted by Gasteiger charge is 2.23. The Morgan fingerprint density at radius 1 is 0.763 bits per heavy atom. The van der Waals surface area contributed by atoms with Gasteiger partial charge in [0.1, 0.15) is 5.75 Å². The van der Waals surface area contributed by atoms with E-state index in [4.69, 9.17) is 0 Å². The Bertz CT molecular complexity index is 997. The first-order chi connectivity index (χ1) is 18.4. The molecule has 0 atom stereocenters. The number of hydrogen-bond donors (Lipinski definition) is 3. The van der Waals surface area contributed by atoms with E-state index in [1.807, 2.05) is 19.9 Å². The summed E-state index contributed by atoms with van der Waals surface area (Å²) in [5.74, 6) is -0.504. The Morgan fingerprint density at radius 3 is 1.74 bits per heavy atom. The highest BCUT2D eigenvalue weighted by molar-refractivity contribution is 5.97. The quantitative estimate of drug-likeness (QED) is 0.176. The summed E-state index contributed by atoms with van der Waals surface area (Å²) < 4.78 is 0. The van der Waals surface area contributed by atoms with Gasteiger partial charge in [-0.2, -0.15) is 0 Å². The van der Waals surface area contributed by atoms with Crippen LogP contribution < -0.4 is 10.6 Å². The number of phenolic OH excluding ortho intramolecular Hbond substituents is 1. The van der Waals surface area contributed by atoms with Gasteiger partial charge in [-0.15, -0.1) is 0 Å². The molecule has 0 aromatic heterocycles. The predicted octanol–water partition coefficient (Wildman–Crippen LogP) is 7.49. The van der Waals surface area contributed by atoms with E-state index >= 15 is 0 Å². The maximum atomic E-state index is 12.4. The molecule has 206 valence electrons. The molecule has 2 amide bonds. The first kappa shape index (κ1) is 32.4. The molecule has 0 aliphatic rings. The fraction of sp³-hybridized carbons (Fsp3) is 0.394. The van der Waals surface area contributed by atoms with Crippen LogP contribution in [-0.4, -0.2) is 29.0 Å². The molecule has 1 aromatic carbocycles. The van der Waals surface area contributed by atoms with E-state index in [9.17, 15) is 14.7 Å². The average molecular weight is 519 g/mol. The molecule has 5 nitrogen and oxygen atoms in total. The third kappa shape index (κ3) is 17.0. The topological polar surface area (TPSA) is 78.4 Å². The number of benzene rings is 1. The minimum absolute atomic E-state index is 0.0607. The summed E-state index contributed by atoms with van der Waals surface area (Å²) in [4.78, 5) is 24.5. The zero-order valence-corrected chi connectivity index (χ0v) is 23.4. The second kappa shape index (κ2) is 20.5. The van der Waals surface area contributed by atoms with Crippen molar-refractivity contribution < 1.29 is 14.7 Å². The average Bonchev–Trinajstić information content (AvgIpc) is 2.89. The monoisotopic (exact) mass is 518 g/mol. The lowest BCUT2D eigenvalue weighted by atomic mass is 10.0. The molecule has 1 rings (SSSR count). The fourth-order valence-electron chi connectivity index (χ4n) is 3.35. The van der Waals surface area contributed by atoms with E-state index in [-0.39, 0.29) is 23.1 Å². The Balaban J connectivity index is 2.11. The van der Waals surface area contributed by atoms with Gasteiger partial charge in [-0.05, 0) is 70.9 Å². The molecule has 0 bridgehead atoms. The second-order valence-electron chi connectivity index (χ2n) is 9.59. The highest BCUT2D eigenvalue weighted by Crippen LogP contribution is 2.16. The highest BCUT2D eigenvalue weighted by atomic mass is 16.3. The summed E-state index contributed by atoms with van der Waals surface area (Å²) in [6, 6.07) is 6.39. The van der Waals surface area contributed by atoms with E-state index in [0.717, 1.165) is 38.5 Å². The van der Waals surface area contributed by atoms with Crippen LogP contribution in [0.3, 0.4) is 0 Å². The molecular weight excluding hydrogens is 472 g/mol. The van der Waals surface area contributed by atoms with Gasteiger partial charge < -0.3 is 15.7 Å². The number of carbonyl (C=O) groups excluding carboxylic acids is 2. The summed E-state index contributed by atoms with van der Waals surface area (Å²) >= 11 is 0. The summed E-state index contributed by atoms with van der Waals surface area (Å²) in [7, 11) is 0. The molecular formula is C33H46N2O3. The van der Waals surface area contributed by atoms with Gasteiger partial charge in [-0.1, -0.05) is 92.0 Å². The summed E-state index contributed by atoms with van der Waals surface area (Å²) in [6.45, 7) is 6.11. The summed E-state index contributed by atoms with van der Waals surface area (Å²) in [6.07, 6.45) is 32.8. The third-order valence-corrected chi connectivity index (χ3v) is 5.46. The molecule has 0 unspecified atom stereocenters. The Hall–Kier alpha value is -3.60. The van der Waals surface area contributed by atoms with E-state index in [1.54, 1.807) is 18.2 Å². The van der Waals surface area contributed by atoms with Crippen molar-refractivity contribution in [1.82, 2.24) is 10.6 Å². The Morgan fingerprint density at radius 2 is 1.24 bits per heavy atom. The predicted molar refractivity (Wildman–Crippen MR) is 160 cm³/mol. The van der Waals surface area contributed by atoms with Crippen LogP contribution in [0.2, 0.25) is 0 Å². The number of hydrogen-bond acceptors (Lipinski definition) is 3. The van der Waals surface area contributed by atoms with Gasteiger partial charge >= 0.3 is 0 Å². The van der Waals surface area contributed by atoms with Crippen LogP contribution in [0.1, 0.15) is 82.5 Å². The van der Waals surface area contributed by atoms with Crippen molar-refractivity contribution in [3.63, 3.8) is 0 Å². The van der Waals surface area contributed by atoms with Gasteiger partial charge in [0.25, 0.3) is 5.91 Å². The molecule has 0 saturated heterocycles. The lowest BCUT2D eigenvalue weighted by Crippen LogP contribution is -2.51. The van der Waals surface area contributed by atoms with Crippen molar-refractivity contribution in [2.24, 2.45) is 0 Å². The number of rotatable bonds is 18.